The summed E-state index contributed by atoms with van der Waals surface area (Å²) in [7, 11) is 0. The Morgan fingerprint density at radius 1 is 1.41 bits per heavy atom. The number of carbonyl (C=O) groups is 1. The Morgan fingerprint density at radius 2 is 2.12 bits per heavy atom. The van der Waals surface area contributed by atoms with Crippen LogP contribution in [0.4, 0.5) is 5.69 Å². The molecule has 1 N–H and O–H groups in total. The first-order valence-corrected chi connectivity index (χ1v) is 6.55. The Hall–Kier alpha value is -0.730. The van der Waals surface area contributed by atoms with E-state index in [1.165, 1.54) is 0 Å². The average Bonchev–Trinajstić information content (AvgIpc) is 2.54. The van der Waals surface area contributed by atoms with Crippen molar-refractivity contribution in [1.82, 2.24) is 0 Å². The molecule has 2 nitrogen and oxygen atoms in total. The van der Waals surface area contributed by atoms with Gasteiger partial charge in [0.25, 0.3) is 0 Å². The van der Waals surface area contributed by atoms with Crippen LogP contribution in [0.2, 0.25) is 5.02 Å². The number of hydrogen-bond acceptors (Lipinski definition) is 1. The molecule has 0 radical (unpaired) electrons. The van der Waals surface area contributed by atoms with Crippen LogP contribution in [0, 0.1) is 5.92 Å². The molecule has 4 heteroatoms. The number of anilines is 1. The van der Waals surface area contributed by atoms with Gasteiger partial charge in [0.2, 0.25) is 5.91 Å². The maximum Gasteiger partial charge on any atom is 0.228 e. The van der Waals surface area contributed by atoms with Crippen molar-refractivity contribution < 1.29 is 4.79 Å². The van der Waals surface area contributed by atoms with Crippen molar-refractivity contribution in [3.63, 3.8) is 0 Å². The normalized spacial score (nSPS) is 15.9. The molecule has 1 aliphatic rings. The van der Waals surface area contributed by atoms with E-state index >= 15 is 0 Å². The average molecular weight is 272 g/mol. The highest BCUT2D eigenvalue weighted by Gasteiger charge is 2.22. The minimum atomic E-state index is -0.0940. The molecule has 0 aliphatic carbocycles. The fourth-order valence-corrected chi connectivity index (χ4v) is 2.94. The van der Waals surface area contributed by atoms with Crippen molar-refractivity contribution in [2.24, 2.45) is 5.92 Å². The molecule has 0 spiro atoms. The van der Waals surface area contributed by atoms with E-state index in [-0.39, 0.29) is 11.3 Å². The monoisotopic (exact) mass is 271 g/mol. The van der Waals surface area contributed by atoms with Gasteiger partial charge in [0.15, 0.2) is 0 Å². The summed E-state index contributed by atoms with van der Waals surface area (Å²) < 4.78 is 0. The van der Waals surface area contributed by atoms with Gasteiger partial charge in [-0.05, 0) is 29.5 Å². The lowest BCUT2D eigenvalue weighted by Crippen LogP contribution is -2.03. The fourth-order valence-electron chi connectivity index (χ4n) is 2.05. The van der Waals surface area contributed by atoms with Crippen LogP contribution in [0.15, 0.2) is 12.1 Å². The van der Waals surface area contributed by atoms with Crippen LogP contribution in [0.25, 0.3) is 0 Å². The van der Waals surface area contributed by atoms with Gasteiger partial charge in [0.05, 0.1) is 11.8 Å². The second kappa shape index (κ2) is 4.87. The molecule has 0 saturated heterocycles. The molecule has 92 valence electrons. The molecule has 17 heavy (non-hydrogen) atoms. The van der Waals surface area contributed by atoms with Gasteiger partial charge in [0, 0.05) is 10.7 Å². The van der Waals surface area contributed by atoms with Crippen LogP contribution >= 0.6 is 23.2 Å². The molecule has 1 unspecified atom stereocenters. The molecule has 0 bridgehead atoms. The topological polar surface area (TPSA) is 29.1 Å². The molecule has 2 rings (SSSR count). The first-order chi connectivity index (χ1) is 7.97. The molecule has 0 aromatic heterocycles. The highest BCUT2D eigenvalue weighted by molar-refractivity contribution is 6.33. The highest BCUT2D eigenvalue weighted by atomic mass is 35.5. The largest absolute Gasteiger partial charge is 0.325 e. The molecule has 1 heterocycles. The lowest BCUT2D eigenvalue weighted by atomic mass is 9.99. The van der Waals surface area contributed by atoms with Gasteiger partial charge in [-0.3, -0.25) is 4.79 Å². The molecule has 1 amide bonds. The van der Waals surface area contributed by atoms with Crippen LogP contribution in [-0.4, -0.2) is 5.91 Å². The van der Waals surface area contributed by atoms with E-state index < -0.39 is 0 Å². The number of nitrogens with one attached hydrogen (secondary N) is 1. The highest BCUT2D eigenvalue weighted by Crippen LogP contribution is 2.37. The third-order valence-electron chi connectivity index (χ3n) is 2.86. The standard InChI is InChI=1S/C13H15Cl2NO/c1-7(2)3-10(14)9-4-8-5-13(17)16-12(8)6-11(9)15/h4,6-7,10H,3,5H2,1-2H3,(H,16,17). The summed E-state index contributed by atoms with van der Waals surface area (Å²) in [4.78, 5) is 11.3. The number of alkyl halides is 1. The third kappa shape index (κ3) is 2.75. The number of carbonyl (C=O) groups excluding carboxylic acids is 1. The molecular formula is C13H15Cl2NO. The molecule has 1 aromatic carbocycles. The Balaban J connectivity index is 2.30. The Kier molecular flexibility index (Phi) is 3.64. The van der Waals surface area contributed by atoms with Crippen molar-refractivity contribution in [1.29, 1.82) is 0 Å². The van der Waals surface area contributed by atoms with Gasteiger partial charge < -0.3 is 5.32 Å². The number of benzene rings is 1. The number of rotatable bonds is 3. The molecule has 1 atom stereocenters. The number of amides is 1. The predicted molar refractivity (Wildman–Crippen MR) is 71.8 cm³/mol. The minimum Gasteiger partial charge on any atom is -0.325 e. The maximum absolute atomic E-state index is 11.3. The summed E-state index contributed by atoms with van der Waals surface area (Å²) >= 11 is 12.6. The van der Waals surface area contributed by atoms with Crippen molar-refractivity contribution in [3.8, 4) is 0 Å². The van der Waals surface area contributed by atoms with Gasteiger partial charge in [-0.2, -0.15) is 0 Å². The van der Waals surface area contributed by atoms with Crippen molar-refractivity contribution >= 4 is 34.8 Å². The first kappa shape index (κ1) is 12.7. The predicted octanol–water partition coefficient (Wildman–Crippen LogP) is 4.16. The van der Waals surface area contributed by atoms with E-state index in [1.54, 1.807) is 6.07 Å². The zero-order valence-corrected chi connectivity index (χ0v) is 11.4. The number of hydrogen-bond donors (Lipinski definition) is 1. The summed E-state index contributed by atoms with van der Waals surface area (Å²) in [6, 6.07) is 3.75. The van der Waals surface area contributed by atoms with Crippen LogP contribution in [0.5, 0.6) is 0 Å². The Bertz CT molecular complexity index is 457. The van der Waals surface area contributed by atoms with E-state index in [2.05, 4.69) is 19.2 Å². The Morgan fingerprint density at radius 3 is 2.76 bits per heavy atom. The Labute approximate surface area is 111 Å². The van der Waals surface area contributed by atoms with Gasteiger partial charge in [-0.25, -0.2) is 0 Å². The van der Waals surface area contributed by atoms with Crippen LogP contribution in [0.3, 0.4) is 0 Å². The van der Waals surface area contributed by atoms with E-state index in [0.29, 0.717) is 17.4 Å². The maximum atomic E-state index is 11.3. The van der Waals surface area contributed by atoms with E-state index in [9.17, 15) is 4.79 Å². The smallest absolute Gasteiger partial charge is 0.228 e. The first-order valence-electron chi connectivity index (χ1n) is 5.73. The molecule has 1 aliphatic heterocycles. The van der Waals surface area contributed by atoms with Gasteiger partial charge in [-0.15, -0.1) is 11.6 Å². The van der Waals surface area contributed by atoms with E-state index in [0.717, 1.165) is 23.2 Å². The lowest BCUT2D eigenvalue weighted by molar-refractivity contribution is -0.115. The third-order valence-corrected chi connectivity index (χ3v) is 3.60. The van der Waals surface area contributed by atoms with Crippen molar-refractivity contribution in [2.45, 2.75) is 32.1 Å². The summed E-state index contributed by atoms with van der Waals surface area (Å²) in [5, 5.41) is 3.32. The van der Waals surface area contributed by atoms with E-state index in [4.69, 9.17) is 23.2 Å². The van der Waals surface area contributed by atoms with Crippen molar-refractivity contribution in [2.75, 3.05) is 5.32 Å². The van der Waals surface area contributed by atoms with Crippen LogP contribution in [0.1, 0.15) is 36.8 Å². The number of fused-ring (bicyclic) bond motifs is 1. The van der Waals surface area contributed by atoms with Gasteiger partial charge >= 0.3 is 0 Å². The summed E-state index contributed by atoms with van der Waals surface area (Å²) in [6.07, 6.45) is 1.30. The number of halogens is 2. The summed E-state index contributed by atoms with van der Waals surface area (Å²) in [5.74, 6) is 0.532. The minimum absolute atomic E-state index is 0.0169. The molecule has 0 saturated carbocycles. The van der Waals surface area contributed by atoms with E-state index in [1.807, 2.05) is 6.07 Å². The van der Waals surface area contributed by atoms with Gasteiger partial charge in [-0.1, -0.05) is 31.5 Å². The zero-order chi connectivity index (χ0) is 12.6. The molecule has 0 fully saturated rings. The van der Waals surface area contributed by atoms with Crippen LogP contribution in [-0.2, 0) is 11.2 Å². The molecule has 1 aromatic rings. The summed E-state index contributed by atoms with van der Waals surface area (Å²) in [6.45, 7) is 4.25. The van der Waals surface area contributed by atoms with Crippen LogP contribution < -0.4 is 5.32 Å². The fraction of sp³-hybridized carbons (Fsp3) is 0.462. The molecular weight excluding hydrogens is 257 g/mol. The quantitative estimate of drug-likeness (QED) is 0.822. The van der Waals surface area contributed by atoms with Crippen molar-refractivity contribution in [3.05, 3.63) is 28.3 Å². The SMILES string of the molecule is CC(C)CC(Cl)c1cc2c(cc1Cl)NC(=O)C2. The van der Waals surface area contributed by atoms with Gasteiger partial charge in [0.1, 0.15) is 0 Å². The summed E-state index contributed by atoms with van der Waals surface area (Å²) in [5.41, 5.74) is 2.73. The second-order valence-electron chi connectivity index (χ2n) is 4.85. The second-order valence-corrected chi connectivity index (χ2v) is 5.79. The zero-order valence-electron chi connectivity index (χ0n) is 9.89. The lowest BCUT2D eigenvalue weighted by Gasteiger charge is -2.15.